The van der Waals surface area contributed by atoms with Gasteiger partial charge >= 0.3 is 0 Å². The van der Waals surface area contributed by atoms with Gasteiger partial charge in [-0.3, -0.25) is 0 Å². The minimum Gasteiger partial charge on any atom is -0.201 e. The van der Waals surface area contributed by atoms with E-state index in [9.17, 15) is 8.78 Å². The molecule has 0 amide bonds. The Labute approximate surface area is 89.3 Å². The third kappa shape index (κ3) is 2.04. The molecule has 0 atom stereocenters. The van der Waals surface area contributed by atoms with Gasteiger partial charge in [0.15, 0.2) is 0 Å². The molecule has 2 heteroatoms. The summed E-state index contributed by atoms with van der Waals surface area (Å²) in [5.74, 6) is -2.63. The largest absolute Gasteiger partial charge is 0.276 e. The first-order valence-corrected chi connectivity index (χ1v) is 5.50. The van der Waals surface area contributed by atoms with E-state index in [0.717, 1.165) is 5.56 Å². The number of hydrogen-bond acceptors (Lipinski definition) is 0. The average Bonchev–Trinajstić information content (AvgIpc) is 3.01. The van der Waals surface area contributed by atoms with Crippen LogP contribution < -0.4 is 0 Å². The summed E-state index contributed by atoms with van der Waals surface area (Å²) < 4.78 is 27.3. The minimum absolute atomic E-state index is 0.175. The fourth-order valence-corrected chi connectivity index (χ4v) is 1.77. The molecule has 0 spiro atoms. The van der Waals surface area contributed by atoms with Crippen molar-refractivity contribution in [2.45, 2.75) is 38.5 Å². The molecule has 1 aliphatic carbocycles. The van der Waals surface area contributed by atoms with E-state index in [1.807, 2.05) is 12.1 Å². The highest BCUT2D eigenvalue weighted by atomic mass is 19.3. The van der Waals surface area contributed by atoms with Gasteiger partial charge in [0.05, 0.1) is 0 Å². The monoisotopic (exact) mass is 210 g/mol. The van der Waals surface area contributed by atoms with Gasteiger partial charge in [0.2, 0.25) is 0 Å². The maximum Gasteiger partial charge on any atom is 0.276 e. The van der Waals surface area contributed by atoms with Gasteiger partial charge in [0.1, 0.15) is 0 Å². The molecule has 0 bridgehead atoms. The zero-order valence-corrected chi connectivity index (χ0v) is 9.13. The molecule has 0 aliphatic heterocycles. The lowest BCUT2D eigenvalue weighted by molar-refractivity contribution is -0.0285. The van der Waals surface area contributed by atoms with Gasteiger partial charge in [0, 0.05) is 11.5 Å². The fourth-order valence-electron chi connectivity index (χ4n) is 1.77. The van der Waals surface area contributed by atoms with Gasteiger partial charge < -0.3 is 0 Å². The number of hydrogen-bond donors (Lipinski definition) is 0. The van der Waals surface area contributed by atoms with E-state index in [1.54, 1.807) is 12.1 Å². The Morgan fingerprint density at radius 2 is 1.67 bits per heavy atom. The molecule has 0 saturated heterocycles. The third-order valence-electron chi connectivity index (χ3n) is 3.05. The van der Waals surface area contributed by atoms with Crippen LogP contribution in [-0.4, -0.2) is 0 Å². The van der Waals surface area contributed by atoms with Crippen LogP contribution in [-0.2, 0) is 5.92 Å². The van der Waals surface area contributed by atoms with Crippen molar-refractivity contribution >= 4 is 0 Å². The van der Waals surface area contributed by atoms with Gasteiger partial charge in [-0.1, -0.05) is 38.1 Å². The molecule has 0 unspecified atom stereocenters. The summed E-state index contributed by atoms with van der Waals surface area (Å²) in [7, 11) is 0. The summed E-state index contributed by atoms with van der Waals surface area (Å²) >= 11 is 0. The predicted molar refractivity (Wildman–Crippen MR) is 57.1 cm³/mol. The van der Waals surface area contributed by atoms with Crippen LogP contribution in [0.5, 0.6) is 0 Å². The van der Waals surface area contributed by atoms with Crippen LogP contribution in [0.25, 0.3) is 0 Å². The number of rotatable bonds is 3. The van der Waals surface area contributed by atoms with Crippen molar-refractivity contribution in [1.82, 2.24) is 0 Å². The van der Waals surface area contributed by atoms with Crippen LogP contribution in [0.2, 0.25) is 0 Å². The molecule has 15 heavy (non-hydrogen) atoms. The zero-order chi connectivity index (χ0) is 11.1. The Bertz CT molecular complexity index is 334. The quantitative estimate of drug-likeness (QED) is 0.697. The van der Waals surface area contributed by atoms with Crippen molar-refractivity contribution in [3.05, 3.63) is 35.4 Å². The van der Waals surface area contributed by atoms with Crippen molar-refractivity contribution in [3.8, 4) is 0 Å². The van der Waals surface area contributed by atoms with Crippen molar-refractivity contribution < 1.29 is 8.78 Å². The van der Waals surface area contributed by atoms with Gasteiger partial charge in [-0.2, -0.15) is 0 Å². The predicted octanol–water partition coefficient (Wildman–Crippen LogP) is 4.31. The van der Waals surface area contributed by atoms with Gasteiger partial charge in [-0.25, -0.2) is 8.78 Å². The van der Waals surface area contributed by atoms with E-state index in [2.05, 4.69) is 13.8 Å². The first-order chi connectivity index (χ1) is 7.01. The molecular formula is C13H16F2. The van der Waals surface area contributed by atoms with Crippen LogP contribution in [0, 0.1) is 5.92 Å². The first-order valence-electron chi connectivity index (χ1n) is 5.50. The van der Waals surface area contributed by atoms with Crippen LogP contribution in [0.15, 0.2) is 24.3 Å². The summed E-state index contributed by atoms with van der Waals surface area (Å²) in [5, 5.41) is 0. The Morgan fingerprint density at radius 1 is 1.13 bits per heavy atom. The van der Waals surface area contributed by atoms with Crippen molar-refractivity contribution in [2.75, 3.05) is 0 Å². The molecule has 82 valence electrons. The lowest BCUT2D eigenvalue weighted by Gasteiger charge is -2.16. The molecular weight excluding hydrogens is 194 g/mol. The molecule has 2 rings (SSSR count). The Morgan fingerprint density at radius 3 is 2.07 bits per heavy atom. The van der Waals surface area contributed by atoms with E-state index in [4.69, 9.17) is 0 Å². The summed E-state index contributed by atoms with van der Waals surface area (Å²) in [6.07, 6.45) is 1.33. The van der Waals surface area contributed by atoms with E-state index >= 15 is 0 Å². The van der Waals surface area contributed by atoms with Gasteiger partial charge in [-0.15, -0.1) is 0 Å². The first kappa shape index (κ1) is 10.6. The van der Waals surface area contributed by atoms with Gasteiger partial charge in [0.25, 0.3) is 5.92 Å². The molecule has 1 aliphatic rings. The zero-order valence-electron chi connectivity index (χ0n) is 9.13. The Balaban J connectivity index is 2.22. The molecule has 0 N–H and O–H groups in total. The van der Waals surface area contributed by atoms with E-state index in [0.29, 0.717) is 18.8 Å². The van der Waals surface area contributed by atoms with E-state index in [-0.39, 0.29) is 5.56 Å². The highest BCUT2D eigenvalue weighted by Crippen LogP contribution is 2.49. The third-order valence-corrected chi connectivity index (χ3v) is 3.05. The standard InChI is InChI=1S/C13H16F2/c1-9(2)10-3-5-11(6-4-10)13(14,15)12-7-8-12/h3-6,9,12H,7-8H2,1-2H3. The lowest BCUT2D eigenvalue weighted by Crippen LogP contribution is -2.15. The lowest BCUT2D eigenvalue weighted by atomic mass is 9.98. The summed E-state index contributed by atoms with van der Waals surface area (Å²) in [5.41, 5.74) is 1.29. The molecule has 1 aromatic rings. The van der Waals surface area contributed by atoms with Crippen LogP contribution in [0.3, 0.4) is 0 Å². The van der Waals surface area contributed by atoms with E-state index in [1.165, 1.54) is 0 Å². The second-order valence-corrected chi connectivity index (χ2v) is 4.67. The van der Waals surface area contributed by atoms with Crippen LogP contribution in [0.1, 0.15) is 43.7 Å². The maximum atomic E-state index is 13.7. The summed E-state index contributed by atoms with van der Waals surface area (Å²) in [4.78, 5) is 0. The highest BCUT2D eigenvalue weighted by Gasteiger charge is 2.47. The molecule has 1 saturated carbocycles. The average molecular weight is 210 g/mol. The smallest absolute Gasteiger partial charge is 0.201 e. The topological polar surface area (TPSA) is 0 Å². The summed E-state index contributed by atoms with van der Waals surface area (Å²) in [6, 6.07) is 6.79. The highest BCUT2D eigenvalue weighted by molar-refractivity contribution is 5.28. The normalized spacial score (nSPS) is 17.1. The molecule has 0 radical (unpaired) electrons. The Hall–Kier alpha value is -0.920. The summed E-state index contributed by atoms with van der Waals surface area (Å²) in [6.45, 7) is 4.13. The number of alkyl halides is 2. The molecule has 0 aromatic heterocycles. The van der Waals surface area contributed by atoms with E-state index < -0.39 is 11.8 Å². The SMILES string of the molecule is CC(C)c1ccc(C(F)(F)C2CC2)cc1. The number of halogens is 2. The van der Waals surface area contributed by atoms with Gasteiger partial charge in [-0.05, 0) is 24.3 Å². The molecule has 1 fully saturated rings. The van der Waals surface area contributed by atoms with Crippen molar-refractivity contribution in [3.63, 3.8) is 0 Å². The fraction of sp³-hybridized carbons (Fsp3) is 0.538. The van der Waals surface area contributed by atoms with Crippen molar-refractivity contribution in [1.29, 1.82) is 0 Å². The molecule has 1 aromatic carbocycles. The minimum atomic E-state index is -2.62. The number of benzene rings is 1. The maximum absolute atomic E-state index is 13.7. The molecule has 0 heterocycles. The second-order valence-electron chi connectivity index (χ2n) is 4.67. The van der Waals surface area contributed by atoms with Crippen molar-refractivity contribution in [2.24, 2.45) is 5.92 Å². The molecule has 0 nitrogen and oxygen atoms in total. The Kier molecular flexibility index (Phi) is 2.53. The van der Waals surface area contributed by atoms with Crippen LogP contribution >= 0.6 is 0 Å². The second kappa shape index (κ2) is 3.58. The van der Waals surface area contributed by atoms with Crippen LogP contribution in [0.4, 0.5) is 8.78 Å².